The summed E-state index contributed by atoms with van der Waals surface area (Å²) in [7, 11) is 0. The van der Waals surface area contributed by atoms with Gasteiger partial charge in [-0.05, 0) is 45.6 Å². The van der Waals surface area contributed by atoms with Gasteiger partial charge in [-0.1, -0.05) is 49.1 Å². The molecule has 1 aromatic carbocycles. The fourth-order valence-electron chi connectivity index (χ4n) is 4.33. The molecular weight excluding hydrogens is 336 g/mol. The average Bonchev–Trinajstić information content (AvgIpc) is 2.70. The van der Waals surface area contributed by atoms with E-state index in [1.54, 1.807) is 0 Å². The highest BCUT2D eigenvalue weighted by Crippen LogP contribution is 2.24. The third-order valence-corrected chi connectivity index (χ3v) is 6.16. The Morgan fingerprint density at radius 1 is 1.00 bits per heavy atom. The Morgan fingerprint density at radius 2 is 1.67 bits per heavy atom. The predicted octanol–water partition coefficient (Wildman–Crippen LogP) is 4.12. The van der Waals surface area contributed by atoms with Crippen LogP contribution in [0.1, 0.15) is 73.7 Å². The molecule has 0 radical (unpaired) electrons. The summed E-state index contributed by atoms with van der Waals surface area (Å²) in [6.07, 6.45) is 9.42. The van der Waals surface area contributed by atoms with Crippen molar-refractivity contribution in [2.45, 2.75) is 70.8 Å². The van der Waals surface area contributed by atoms with Crippen LogP contribution in [-0.2, 0) is 4.79 Å². The molecule has 3 rings (SSSR count). The topological polar surface area (TPSA) is 49.4 Å². The Labute approximate surface area is 163 Å². The third-order valence-electron chi connectivity index (χ3n) is 6.16. The summed E-state index contributed by atoms with van der Waals surface area (Å²) in [5.41, 5.74) is 2.01. The number of aryl methyl sites for hydroxylation is 1. The highest BCUT2D eigenvalue weighted by atomic mass is 16.2. The number of Topliss-reactive ketones (excluding diaryl/α,β-unsaturated/α-hetero) is 1. The Morgan fingerprint density at radius 3 is 2.33 bits per heavy atom. The quantitative estimate of drug-likeness (QED) is 0.735. The predicted molar refractivity (Wildman–Crippen MR) is 109 cm³/mol. The van der Waals surface area contributed by atoms with Crippen molar-refractivity contribution in [2.75, 3.05) is 19.6 Å². The van der Waals surface area contributed by atoms with Gasteiger partial charge >= 0.3 is 0 Å². The van der Waals surface area contributed by atoms with Gasteiger partial charge in [0.25, 0.3) is 0 Å². The van der Waals surface area contributed by atoms with Gasteiger partial charge in [0.2, 0.25) is 5.91 Å². The van der Waals surface area contributed by atoms with E-state index in [0.29, 0.717) is 12.5 Å². The van der Waals surface area contributed by atoms with Crippen LogP contribution >= 0.6 is 0 Å². The molecule has 148 valence electrons. The van der Waals surface area contributed by atoms with Crippen molar-refractivity contribution < 1.29 is 9.59 Å². The number of carbonyl (C=O) groups excluding carboxylic acids is 2. The van der Waals surface area contributed by atoms with Crippen molar-refractivity contribution in [3.05, 3.63) is 35.4 Å². The highest BCUT2D eigenvalue weighted by molar-refractivity contribution is 5.96. The van der Waals surface area contributed by atoms with Crippen molar-refractivity contribution in [3.8, 4) is 0 Å². The molecule has 0 unspecified atom stereocenters. The van der Waals surface area contributed by atoms with Gasteiger partial charge in [-0.3, -0.25) is 9.59 Å². The number of carbonyl (C=O) groups is 2. The van der Waals surface area contributed by atoms with Crippen molar-refractivity contribution in [2.24, 2.45) is 5.92 Å². The van der Waals surface area contributed by atoms with Gasteiger partial charge in [-0.2, -0.15) is 0 Å². The van der Waals surface area contributed by atoms with E-state index < -0.39 is 0 Å². The molecule has 4 nitrogen and oxygen atoms in total. The molecule has 1 aliphatic carbocycles. The molecule has 0 spiro atoms. The maximum absolute atomic E-state index is 12.4. The molecule has 1 aliphatic heterocycles. The van der Waals surface area contributed by atoms with E-state index in [2.05, 4.69) is 10.2 Å². The standard InChI is InChI=1S/C23H34N2O2/c1-18-9-11-19(12-10-18)22(26)8-5-15-25-16-13-21(14-17-25)24-23(27)20-6-3-2-4-7-20/h9-12,20-21H,2-8,13-17H2,1H3,(H,24,27). The van der Waals surface area contributed by atoms with Gasteiger partial charge in [0.05, 0.1) is 0 Å². The second kappa shape index (κ2) is 10.0. The smallest absolute Gasteiger partial charge is 0.223 e. The molecule has 0 bridgehead atoms. The van der Waals surface area contributed by atoms with Crippen molar-refractivity contribution in [3.63, 3.8) is 0 Å². The van der Waals surface area contributed by atoms with Crippen molar-refractivity contribution in [1.82, 2.24) is 10.2 Å². The minimum atomic E-state index is 0.240. The zero-order valence-corrected chi connectivity index (χ0v) is 16.7. The van der Waals surface area contributed by atoms with Crippen LogP contribution in [0.3, 0.4) is 0 Å². The van der Waals surface area contributed by atoms with Gasteiger partial charge in [-0.15, -0.1) is 0 Å². The maximum atomic E-state index is 12.4. The Balaban J connectivity index is 1.31. The van der Waals surface area contributed by atoms with E-state index in [0.717, 1.165) is 57.3 Å². The largest absolute Gasteiger partial charge is 0.353 e. The molecule has 1 N–H and O–H groups in total. The molecule has 2 aliphatic rings. The number of rotatable bonds is 7. The van der Waals surface area contributed by atoms with Gasteiger partial charge in [-0.25, -0.2) is 0 Å². The van der Waals surface area contributed by atoms with Crippen molar-refractivity contribution >= 4 is 11.7 Å². The highest BCUT2D eigenvalue weighted by Gasteiger charge is 2.25. The Bertz CT molecular complexity index is 612. The summed E-state index contributed by atoms with van der Waals surface area (Å²) in [5.74, 6) is 0.783. The van der Waals surface area contributed by atoms with Crippen LogP contribution in [0.5, 0.6) is 0 Å². The molecule has 27 heavy (non-hydrogen) atoms. The van der Waals surface area contributed by atoms with E-state index in [-0.39, 0.29) is 17.6 Å². The molecule has 1 saturated carbocycles. The first-order valence-corrected chi connectivity index (χ1v) is 10.7. The number of nitrogens with zero attached hydrogens (tertiary/aromatic N) is 1. The van der Waals surface area contributed by atoms with Gasteiger partial charge in [0.1, 0.15) is 0 Å². The summed E-state index contributed by atoms with van der Waals surface area (Å²) in [5, 5.41) is 3.29. The number of likely N-dealkylation sites (tertiary alicyclic amines) is 1. The van der Waals surface area contributed by atoms with E-state index in [1.165, 1.54) is 24.8 Å². The third kappa shape index (κ3) is 6.17. The van der Waals surface area contributed by atoms with Gasteiger partial charge < -0.3 is 10.2 Å². The summed E-state index contributed by atoms with van der Waals surface area (Å²) in [4.78, 5) is 27.1. The number of ketones is 1. The van der Waals surface area contributed by atoms with Crippen LogP contribution in [0.25, 0.3) is 0 Å². The fourth-order valence-corrected chi connectivity index (χ4v) is 4.33. The molecular formula is C23H34N2O2. The molecule has 1 amide bonds. The molecule has 0 atom stereocenters. The minimum absolute atomic E-state index is 0.240. The van der Waals surface area contributed by atoms with Crippen LogP contribution in [0.15, 0.2) is 24.3 Å². The lowest BCUT2D eigenvalue weighted by Gasteiger charge is -2.33. The normalized spacial score (nSPS) is 19.7. The number of nitrogens with one attached hydrogen (secondary N) is 1. The molecule has 2 fully saturated rings. The van der Waals surface area contributed by atoms with E-state index in [9.17, 15) is 9.59 Å². The monoisotopic (exact) mass is 370 g/mol. The fraction of sp³-hybridized carbons (Fsp3) is 0.652. The van der Waals surface area contributed by atoms with Crippen LogP contribution in [0.4, 0.5) is 0 Å². The Hall–Kier alpha value is -1.68. The average molecular weight is 371 g/mol. The summed E-state index contributed by atoms with van der Waals surface area (Å²) >= 11 is 0. The van der Waals surface area contributed by atoms with Gasteiger partial charge in [0, 0.05) is 37.0 Å². The molecule has 1 heterocycles. The molecule has 1 aromatic rings. The summed E-state index contributed by atoms with van der Waals surface area (Å²) < 4.78 is 0. The maximum Gasteiger partial charge on any atom is 0.223 e. The molecule has 1 saturated heterocycles. The van der Waals surface area contributed by atoms with E-state index in [1.807, 2.05) is 31.2 Å². The summed E-state index contributed by atoms with van der Waals surface area (Å²) in [6.45, 7) is 5.05. The van der Waals surface area contributed by atoms with Crippen molar-refractivity contribution in [1.29, 1.82) is 0 Å². The zero-order valence-electron chi connectivity index (χ0n) is 16.7. The summed E-state index contributed by atoms with van der Waals surface area (Å²) in [6, 6.07) is 8.19. The number of amides is 1. The Kier molecular flexibility index (Phi) is 7.45. The molecule has 0 aromatic heterocycles. The SMILES string of the molecule is Cc1ccc(C(=O)CCCN2CCC(NC(=O)C3CCCCC3)CC2)cc1. The zero-order chi connectivity index (χ0) is 19.1. The van der Waals surface area contributed by atoms with Crippen LogP contribution in [0.2, 0.25) is 0 Å². The van der Waals surface area contributed by atoms with E-state index in [4.69, 9.17) is 0 Å². The van der Waals surface area contributed by atoms with Crippen LogP contribution in [0, 0.1) is 12.8 Å². The second-order valence-electron chi connectivity index (χ2n) is 8.35. The minimum Gasteiger partial charge on any atom is -0.353 e. The van der Waals surface area contributed by atoms with Crippen LogP contribution < -0.4 is 5.32 Å². The van der Waals surface area contributed by atoms with E-state index >= 15 is 0 Å². The number of hydrogen-bond donors (Lipinski definition) is 1. The first-order chi connectivity index (χ1) is 13.1. The second-order valence-corrected chi connectivity index (χ2v) is 8.35. The first-order valence-electron chi connectivity index (χ1n) is 10.7. The van der Waals surface area contributed by atoms with Crippen LogP contribution in [-0.4, -0.2) is 42.3 Å². The lowest BCUT2D eigenvalue weighted by molar-refractivity contribution is -0.127. The molecule has 4 heteroatoms. The number of piperidine rings is 1. The lowest BCUT2D eigenvalue weighted by atomic mass is 9.88. The van der Waals surface area contributed by atoms with Gasteiger partial charge in [0.15, 0.2) is 5.78 Å². The number of hydrogen-bond acceptors (Lipinski definition) is 3. The number of benzene rings is 1. The first kappa shape index (κ1) is 20.1. The lowest BCUT2D eigenvalue weighted by Crippen LogP contribution is -2.46.